The van der Waals surface area contributed by atoms with Gasteiger partial charge in [0, 0.05) is 41.7 Å². The van der Waals surface area contributed by atoms with E-state index in [4.69, 9.17) is 9.84 Å². The number of non-ortho nitro benzene ring substituents is 1. The maximum absolute atomic E-state index is 10.9. The van der Waals surface area contributed by atoms with Gasteiger partial charge in [-0.05, 0) is 39.0 Å². The molecule has 1 aromatic carbocycles. The van der Waals surface area contributed by atoms with Crippen molar-refractivity contribution in [2.75, 3.05) is 12.4 Å². The van der Waals surface area contributed by atoms with Crippen molar-refractivity contribution in [1.82, 2.24) is 14.8 Å². The van der Waals surface area contributed by atoms with Gasteiger partial charge in [0.15, 0.2) is 0 Å². The highest BCUT2D eigenvalue weighted by atomic mass is 16.6. The molecule has 0 aliphatic heterocycles. The zero-order chi connectivity index (χ0) is 19.6. The first-order valence-electron chi connectivity index (χ1n) is 8.40. The van der Waals surface area contributed by atoms with Gasteiger partial charge in [-0.1, -0.05) is 0 Å². The fourth-order valence-corrected chi connectivity index (χ4v) is 2.62. The van der Waals surface area contributed by atoms with Crippen molar-refractivity contribution in [1.29, 1.82) is 0 Å². The topological polar surface area (TPSA) is 95.1 Å². The Morgan fingerprint density at radius 2 is 1.85 bits per heavy atom. The molecule has 8 heteroatoms. The molecule has 2 heterocycles. The molecule has 0 saturated carbocycles. The summed E-state index contributed by atoms with van der Waals surface area (Å²) in [6.07, 6.45) is 1.66. The molecule has 0 amide bonds. The number of aromatic nitrogens is 3. The molecule has 0 aliphatic carbocycles. The van der Waals surface area contributed by atoms with Crippen LogP contribution in [0.25, 0.3) is 11.3 Å². The number of nitro benzene ring substituents is 1. The SMILES string of the molecule is COc1cc(Nc2cc(-c3ccc([N+](=O)[O-])cc3)nn2C(C)(C)C)ccn1. The number of rotatable bonds is 5. The van der Waals surface area contributed by atoms with Crippen LogP contribution >= 0.6 is 0 Å². The minimum absolute atomic E-state index is 0.0521. The number of anilines is 2. The zero-order valence-electron chi connectivity index (χ0n) is 15.6. The Morgan fingerprint density at radius 1 is 1.15 bits per heavy atom. The summed E-state index contributed by atoms with van der Waals surface area (Å²) in [5, 5.41) is 18.9. The van der Waals surface area contributed by atoms with E-state index in [1.165, 1.54) is 12.1 Å². The third kappa shape index (κ3) is 4.05. The molecule has 0 radical (unpaired) electrons. The third-order valence-corrected chi connectivity index (χ3v) is 3.94. The smallest absolute Gasteiger partial charge is 0.269 e. The van der Waals surface area contributed by atoms with Gasteiger partial charge < -0.3 is 10.1 Å². The highest BCUT2D eigenvalue weighted by molar-refractivity contribution is 5.67. The molecule has 8 nitrogen and oxygen atoms in total. The first-order chi connectivity index (χ1) is 12.8. The normalized spacial score (nSPS) is 11.3. The van der Waals surface area contributed by atoms with Crippen molar-refractivity contribution in [3.8, 4) is 17.1 Å². The van der Waals surface area contributed by atoms with Crippen LogP contribution in [0.15, 0.2) is 48.7 Å². The second-order valence-corrected chi connectivity index (χ2v) is 7.01. The summed E-state index contributed by atoms with van der Waals surface area (Å²) in [5.74, 6) is 1.31. The van der Waals surface area contributed by atoms with Crippen molar-refractivity contribution in [3.63, 3.8) is 0 Å². The van der Waals surface area contributed by atoms with Crippen LogP contribution < -0.4 is 10.1 Å². The largest absolute Gasteiger partial charge is 0.481 e. The van der Waals surface area contributed by atoms with E-state index in [0.29, 0.717) is 5.88 Å². The lowest BCUT2D eigenvalue weighted by Crippen LogP contribution is -2.24. The zero-order valence-corrected chi connectivity index (χ0v) is 15.6. The monoisotopic (exact) mass is 367 g/mol. The summed E-state index contributed by atoms with van der Waals surface area (Å²) in [6.45, 7) is 6.16. The van der Waals surface area contributed by atoms with E-state index >= 15 is 0 Å². The second-order valence-electron chi connectivity index (χ2n) is 7.01. The number of benzene rings is 1. The number of methoxy groups -OCH3 is 1. The van der Waals surface area contributed by atoms with Crippen molar-refractivity contribution in [2.45, 2.75) is 26.3 Å². The van der Waals surface area contributed by atoms with Crippen LogP contribution in [-0.2, 0) is 5.54 Å². The van der Waals surface area contributed by atoms with Crippen molar-refractivity contribution in [2.24, 2.45) is 0 Å². The third-order valence-electron chi connectivity index (χ3n) is 3.94. The van der Waals surface area contributed by atoms with Gasteiger partial charge >= 0.3 is 0 Å². The van der Waals surface area contributed by atoms with Gasteiger partial charge in [0.05, 0.1) is 23.3 Å². The van der Waals surface area contributed by atoms with Gasteiger partial charge in [-0.2, -0.15) is 5.10 Å². The molecule has 1 N–H and O–H groups in total. The number of nitro groups is 1. The Morgan fingerprint density at radius 3 is 2.44 bits per heavy atom. The fraction of sp³-hybridized carbons (Fsp3) is 0.263. The molecular weight excluding hydrogens is 346 g/mol. The van der Waals surface area contributed by atoms with Crippen LogP contribution in [0.1, 0.15) is 20.8 Å². The Balaban J connectivity index is 1.99. The van der Waals surface area contributed by atoms with Crippen LogP contribution in [0.5, 0.6) is 5.88 Å². The van der Waals surface area contributed by atoms with Crippen LogP contribution in [0.2, 0.25) is 0 Å². The van der Waals surface area contributed by atoms with E-state index in [1.54, 1.807) is 31.5 Å². The molecule has 0 saturated heterocycles. The fourth-order valence-electron chi connectivity index (χ4n) is 2.62. The lowest BCUT2D eigenvalue weighted by Gasteiger charge is -2.22. The molecule has 0 unspecified atom stereocenters. The summed E-state index contributed by atoms with van der Waals surface area (Å²) >= 11 is 0. The minimum Gasteiger partial charge on any atom is -0.481 e. The molecule has 3 rings (SSSR count). The first kappa shape index (κ1) is 18.4. The van der Waals surface area contributed by atoms with E-state index in [1.807, 2.05) is 16.8 Å². The van der Waals surface area contributed by atoms with Gasteiger partial charge in [0.25, 0.3) is 5.69 Å². The van der Waals surface area contributed by atoms with Crippen LogP contribution in [0, 0.1) is 10.1 Å². The Bertz CT molecular complexity index is 958. The van der Waals surface area contributed by atoms with Crippen LogP contribution in [0.3, 0.4) is 0 Å². The van der Waals surface area contributed by atoms with Gasteiger partial charge in [-0.25, -0.2) is 9.67 Å². The summed E-state index contributed by atoms with van der Waals surface area (Å²) in [4.78, 5) is 14.5. The van der Waals surface area contributed by atoms with Gasteiger partial charge in [-0.15, -0.1) is 0 Å². The molecule has 27 heavy (non-hydrogen) atoms. The van der Waals surface area contributed by atoms with Gasteiger partial charge in [-0.3, -0.25) is 10.1 Å². The highest BCUT2D eigenvalue weighted by Gasteiger charge is 2.21. The van der Waals surface area contributed by atoms with Gasteiger partial charge in [0.1, 0.15) is 5.82 Å². The molecule has 0 bridgehead atoms. The van der Waals surface area contributed by atoms with E-state index in [9.17, 15) is 10.1 Å². The molecule has 2 aromatic heterocycles. The number of nitrogens with zero attached hydrogens (tertiary/aromatic N) is 4. The standard InChI is InChI=1S/C19H21N5O3/c1-19(2,3)23-17(21-14-9-10-20-18(11-14)27-4)12-16(22-23)13-5-7-15(8-6-13)24(25)26/h5-12H,1-4H3,(H,20,21). The Kier molecular flexibility index (Phi) is 4.81. The maximum Gasteiger partial charge on any atom is 0.269 e. The highest BCUT2D eigenvalue weighted by Crippen LogP contribution is 2.30. The molecule has 140 valence electrons. The second kappa shape index (κ2) is 7.06. The minimum atomic E-state index is -0.415. The van der Waals surface area contributed by atoms with E-state index in [-0.39, 0.29) is 11.2 Å². The number of hydrogen-bond donors (Lipinski definition) is 1. The maximum atomic E-state index is 10.9. The van der Waals surface area contributed by atoms with E-state index in [0.717, 1.165) is 22.8 Å². The predicted octanol–water partition coefficient (Wildman–Crippen LogP) is 4.36. The summed E-state index contributed by atoms with van der Waals surface area (Å²) in [5.41, 5.74) is 2.14. The molecule has 3 aromatic rings. The average molecular weight is 367 g/mol. The molecule has 0 fully saturated rings. The lowest BCUT2D eigenvalue weighted by molar-refractivity contribution is -0.384. The molecule has 0 atom stereocenters. The number of pyridine rings is 1. The Hall–Kier alpha value is -3.42. The Labute approximate surface area is 157 Å². The lowest BCUT2D eigenvalue weighted by atomic mass is 10.1. The molecular formula is C19H21N5O3. The summed E-state index contributed by atoms with van der Waals surface area (Å²) in [7, 11) is 1.57. The molecule has 0 aliphatic rings. The van der Waals surface area contributed by atoms with E-state index in [2.05, 4.69) is 31.1 Å². The van der Waals surface area contributed by atoms with Crippen molar-refractivity contribution < 1.29 is 9.66 Å². The van der Waals surface area contributed by atoms with Crippen LogP contribution in [-0.4, -0.2) is 26.8 Å². The molecule has 0 spiro atoms. The van der Waals surface area contributed by atoms with E-state index < -0.39 is 4.92 Å². The van der Waals surface area contributed by atoms with Crippen molar-refractivity contribution >= 4 is 17.2 Å². The number of hydrogen-bond acceptors (Lipinski definition) is 6. The first-order valence-corrected chi connectivity index (χ1v) is 8.40. The quantitative estimate of drug-likeness (QED) is 0.532. The summed E-state index contributed by atoms with van der Waals surface area (Å²) < 4.78 is 7.05. The van der Waals surface area contributed by atoms with Crippen LogP contribution in [0.4, 0.5) is 17.2 Å². The van der Waals surface area contributed by atoms with Crippen molar-refractivity contribution in [3.05, 3.63) is 58.8 Å². The average Bonchev–Trinajstić information content (AvgIpc) is 3.06. The number of nitrogens with one attached hydrogen (secondary N) is 1. The van der Waals surface area contributed by atoms with Gasteiger partial charge in [0.2, 0.25) is 5.88 Å². The summed E-state index contributed by atoms with van der Waals surface area (Å²) in [6, 6.07) is 11.9. The number of ether oxygens (including phenoxy) is 1. The predicted molar refractivity (Wildman–Crippen MR) is 103 cm³/mol.